The van der Waals surface area contributed by atoms with Gasteiger partial charge in [0.1, 0.15) is 13.2 Å². The van der Waals surface area contributed by atoms with E-state index in [0.29, 0.717) is 6.42 Å². The van der Waals surface area contributed by atoms with Gasteiger partial charge >= 0.3 is 11.9 Å². The van der Waals surface area contributed by atoms with E-state index in [1.807, 2.05) is 0 Å². The van der Waals surface area contributed by atoms with Crippen LogP contribution in [0.4, 0.5) is 0 Å². The normalized spacial score (nSPS) is 15.2. The maximum atomic E-state index is 12.5. The standard InChI is InChI=1S/C66H126O6/c1-2-3-4-5-6-7-8-9-10-11-12-13-14-15-16-17-18-19-20-21-22-23-24-25-26-27-28-29-30-31-32-33-34-35-36-37-38-39-40-41-42-43-44-45-46-47-48-49-50-51-52-53-54-55-56-57-63-58-64(69)71-61-66(59-67,60-68)62-72-65(63)70/h31-32,63,67-68H,2-30,33-62H2,1H3/b32-31+. The van der Waals surface area contributed by atoms with Gasteiger partial charge in [0.05, 0.1) is 31.0 Å². The van der Waals surface area contributed by atoms with Crippen LogP contribution in [0.3, 0.4) is 0 Å². The lowest BCUT2D eigenvalue weighted by Gasteiger charge is -2.27. The van der Waals surface area contributed by atoms with Crippen molar-refractivity contribution in [2.24, 2.45) is 11.3 Å². The first-order valence-electron chi connectivity index (χ1n) is 32.8. The predicted octanol–water partition coefficient (Wildman–Crippen LogP) is 20.7. The summed E-state index contributed by atoms with van der Waals surface area (Å²) >= 11 is 0. The van der Waals surface area contributed by atoms with Crippen LogP contribution in [-0.2, 0) is 19.1 Å². The summed E-state index contributed by atoms with van der Waals surface area (Å²) in [5.74, 6) is -1.40. The van der Waals surface area contributed by atoms with Crippen molar-refractivity contribution >= 4 is 11.9 Å². The van der Waals surface area contributed by atoms with E-state index in [0.717, 1.165) is 19.3 Å². The monoisotopic (exact) mass is 1010 g/mol. The molecule has 2 N–H and O–H groups in total. The van der Waals surface area contributed by atoms with Crippen molar-refractivity contribution in [3.8, 4) is 0 Å². The second-order valence-electron chi connectivity index (χ2n) is 23.5. The number of carbonyl (C=O) groups excluding carboxylic acids is 2. The minimum atomic E-state index is -1.12. The lowest BCUT2D eigenvalue weighted by molar-refractivity contribution is -0.155. The molecule has 1 aliphatic heterocycles. The fourth-order valence-electron chi connectivity index (χ4n) is 10.9. The SMILES string of the molecule is CCCCCCCCCCCCCCCCCCCCCCCCCCCCCC/C=C/CCCCCCCCCCCCCCCCCCCCCCCCCC1CC(=O)OCC(CO)(CO)COC1=O. The highest BCUT2D eigenvalue weighted by Gasteiger charge is 2.36. The Morgan fingerprint density at radius 1 is 0.361 bits per heavy atom. The van der Waals surface area contributed by atoms with Crippen molar-refractivity contribution in [3.05, 3.63) is 12.2 Å². The summed E-state index contributed by atoms with van der Waals surface area (Å²) in [5.41, 5.74) is -1.12. The molecule has 0 aromatic rings. The fourth-order valence-corrected chi connectivity index (χ4v) is 10.9. The summed E-state index contributed by atoms with van der Waals surface area (Å²) in [6, 6.07) is 0. The molecule has 1 fully saturated rings. The Balaban J connectivity index is 1.68. The van der Waals surface area contributed by atoms with Gasteiger partial charge in [0.15, 0.2) is 0 Å². The number of hydrogen-bond donors (Lipinski definition) is 2. The van der Waals surface area contributed by atoms with Crippen LogP contribution in [-0.4, -0.2) is 48.6 Å². The van der Waals surface area contributed by atoms with E-state index in [1.54, 1.807) is 0 Å². The molecule has 0 radical (unpaired) electrons. The molecule has 0 aliphatic carbocycles. The Hall–Kier alpha value is -1.40. The van der Waals surface area contributed by atoms with Gasteiger partial charge in [-0.3, -0.25) is 9.59 Å². The Bertz CT molecular complexity index is 1130. The van der Waals surface area contributed by atoms with Crippen LogP contribution in [0.1, 0.15) is 360 Å². The van der Waals surface area contributed by atoms with Crippen LogP contribution < -0.4 is 0 Å². The zero-order chi connectivity index (χ0) is 51.8. The molecule has 0 spiro atoms. The summed E-state index contributed by atoms with van der Waals surface area (Å²) < 4.78 is 10.6. The molecule has 1 atom stereocenters. The van der Waals surface area contributed by atoms with Gasteiger partial charge in [-0.2, -0.15) is 0 Å². The number of aliphatic hydroxyl groups is 2. The average Bonchev–Trinajstić information content (AvgIpc) is 3.45. The second-order valence-corrected chi connectivity index (χ2v) is 23.5. The Labute approximate surface area is 449 Å². The van der Waals surface area contributed by atoms with Crippen LogP contribution in [0.5, 0.6) is 0 Å². The van der Waals surface area contributed by atoms with Crippen molar-refractivity contribution in [2.45, 2.75) is 360 Å². The van der Waals surface area contributed by atoms with Crippen molar-refractivity contribution in [3.63, 3.8) is 0 Å². The first-order valence-corrected chi connectivity index (χ1v) is 32.8. The van der Waals surface area contributed by atoms with Crippen LogP contribution >= 0.6 is 0 Å². The molecule has 1 heterocycles. The third kappa shape index (κ3) is 47.1. The molecule has 426 valence electrons. The van der Waals surface area contributed by atoms with E-state index >= 15 is 0 Å². The maximum Gasteiger partial charge on any atom is 0.309 e. The topological polar surface area (TPSA) is 93.1 Å². The van der Waals surface area contributed by atoms with Gasteiger partial charge in [-0.15, -0.1) is 0 Å². The van der Waals surface area contributed by atoms with Crippen LogP contribution in [0.2, 0.25) is 0 Å². The second kappa shape index (κ2) is 55.8. The molecule has 72 heavy (non-hydrogen) atoms. The summed E-state index contributed by atoms with van der Waals surface area (Å²) in [7, 11) is 0. The molecule has 6 heteroatoms. The summed E-state index contributed by atoms with van der Waals surface area (Å²) in [4.78, 5) is 24.7. The Morgan fingerprint density at radius 3 is 0.861 bits per heavy atom. The third-order valence-electron chi connectivity index (χ3n) is 16.3. The highest BCUT2D eigenvalue weighted by molar-refractivity contribution is 5.80. The quantitative estimate of drug-likeness (QED) is 0.0358. The number of rotatable bonds is 57. The van der Waals surface area contributed by atoms with E-state index < -0.39 is 36.5 Å². The minimum Gasteiger partial charge on any atom is -0.465 e. The minimum absolute atomic E-state index is 0.00435. The molecule has 1 aliphatic rings. The van der Waals surface area contributed by atoms with Crippen molar-refractivity contribution in [1.29, 1.82) is 0 Å². The Kier molecular flexibility index (Phi) is 53.2. The molecule has 1 saturated heterocycles. The largest absolute Gasteiger partial charge is 0.465 e. The molecule has 0 aromatic carbocycles. The summed E-state index contributed by atoms with van der Waals surface area (Å²) in [5, 5.41) is 19.2. The molecular formula is C66H126O6. The predicted molar refractivity (Wildman–Crippen MR) is 311 cm³/mol. The molecular weight excluding hydrogens is 889 g/mol. The first-order chi connectivity index (χ1) is 35.6. The summed E-state index contributed by atoms with van der Waals surface area (Å²) in [6.45, 7) is 1.21. The lowest BCUT2D eigenvalue weighted by Crippen LogP contribution is -2.40. The van der Waals surface area contributed by atoms with Gasteiger partial charge in [-0.1, -0.05) is 334 Å². The molecule has 0 saturated carbocycles. The van der Waals surface area contributed by atoms with E-state index in [4.69, 9.17) is 9.47 Å². The van der Waals surface area contributed by atoms with Crippen LogP contribution in [0.25, 0.3) is 0 Å². The molecule has 0 amide bonds. The highest BCUT2D eigenvalue weighted by Crippen LogP contribution is 2.25. The van der Waals surface area contributed by atoms with Gasteiger partial charge in [0.2, 0.25) is 0 Å². The highest BCUT2D eigenvalue weighted by atomic mass is 16.6. The number of ether oxygens (including phenoxy) is 2. The molecule has 0 bridgehead atoms. The number of allylic oxidation sites excluding steroid dienone is 2. The fraction of sp³-hybridized carbons (Fsp3) is 0.939. The van der Waals surface area contributed by atoms with Gasteiger partial charge in [0, 0.05) is 0 Å². The molecule has 0 aromatic heterocycles. The van der Waals surface area contributed by atoms with Crippen LogP contribution in [0, 0.1) is 11.3 Å². The van der Waals surface area contributed by atoms with Crippen molar-refractivity contribution in [2.75, 3.05) is 26.4 Å². The zero-order valence-electron chi connectivity index (χ0n) is 48.5. The lowest BCUT2D eigenvalue weighted by atomic mass is 9.92. The maximum absolute atomic E-state index is 12.5. The third-order valence-corrected chi connectivity index (χ3v) is 16.3. The van der Waals surface area contributed by atoms with E-state index in [-0.39, 0.29) is 19.6 Å². The zero-order valence-corrected chi connectivity index (χ0v) is 48.5. The van der Waals surface area contributed by atoms with Crippen molar-refractivity contribution < 1.29 is 29.3 Å². The van der Waals surface area contributed by atoms with Gasteiger partial charge in [0.25, 0.3) is 0 Å². The van der Waals surface area contributed by atoms with E-state index in [2.05, 4.69) is 19.1 Å². The van der Waals surface area contributed by atoms with Gasteiger partial charge in [-0.05, 0) is 32.1 Å². The first kappa shape index (κ1) is 68.6. The Morgan fingerprint density at radius 2 is 0.597 bits per heavy atom. The number of hydrogen-bond acceptors (Lipinski definition) is 6. The van der Waals surface area contributed by atoms with Gasteiger partial charge in [-0.25, -0.2) is 0 Å². The number of unbranched alkanes of at least 4 members (excludes halogenated alkanes) is 51. The molecule has 1 unspecified atom stereocenters. The summed E-state index contributed by atoms with van der Waals surface area (Å²) in [6.07, 6.45) is 80.2. The number of cyclic esters (lactones) is 2. The number of aliphatic hydroxyl groups excluding tert-OH is 2. The molecule has 6 nitrogen and oxygen atoms in total. The number of esters is 2. The van der Waals surface area contributed by atoms with Crippen LogP contribution in [0.15, 0.2) is 12.2 Å². The average molecular weight is 1020 g/mol. The van der Waals surface area contributed by atoms with E-state index in [9.17, 15) is 19.8 Å². The molecule has 1 rings (SSSR count). The van der Waals surface area contributed by atoms with Gasteiger partial charge < -0.3 is 19.7 Å². The number of carbonyl (C=O) groups is 2. The van der Waals surface area contributed by atoms with Crippen molar-refractivity contribution in [1.82, 2.24) is 0 Å². The van der Waals surface area contributed by atoms with E-state index in [1.165, 1.54) is 321 Å². The smallest absolute Gasteiger partial charge is 0.309 e.